The quantitative estimate of drug-likeness (QED) is 0.679. The van der Waals surface area contributed by atoms with Gasteiger partial charge in [-0.3, -0.25) is 4.68 Å². The van der Waals surface area contributed by atoms with Crippen LogP contribution in [0, 0.1) is 5.82 Å². The van der Waals surface area contributed by atoms with Crippen LogP contribution in [-0.2, 0) is 11.8 Å². The third-order valence-electron chi connectivity index (χ3n) is 3.40. The Morgan fingerprint density at radius 3 is 2.67 bits per heavy atom. The fourth-order valence-corrected chi connectivity index (χ4v) is 2.46. The van der Waals surface area contributed by atoms with Crippen LogP contribution < -0.4 is 0 Å². The van der Waals surface area contributed by atoms with Gasteiger partial charge in [-0.1, -0.05) is 24.3 Å². The number of nitrogens with zero attached hydrogens (tertiary/aromatic N) is 2. The van der Waals surface area contributed by atoms with Crippen molar-refractivity contribution < 1.29 is 13.9 Å². The van der Waals surface area contributed by atoms with Gasteiger partial charge in [-0.2, -0.15) is 5.10 Å². The summed E-state index contributed by atoms with van der Waals surface area (Å²) in [7, 11) is 3.05. The lowest BCUT2D eigenvalue weighted by Gasteiger charge is -2.03. The molecule has 1 heterocycles. The molecule has 0 radical (unpaired) electrons. The SMILES string of the molecule is COC(=O)c1cccc2c(-c3ccccc3F)nn(C)c12. The van der Waals surface area contributed by atoms with Gasteiger partial charge in [0.25, 0.3) is 0 Å². The van der Waals surface area contributed by atoms with E-state index < -0.39 is 5.97 Å². The van der Waals surface area contributed by atoms with Gasteiger partial charge < -0.3 is 4.74 Å². The molecular weight excluding hydrogens is 271 g/mol. The summed E-state index contributed by atoms with van der Waals surface area (Å²) in [6, 6.07) is 11.7. The van der Waals surface area contributed by atoms with E-state index >= 15 is 0 Å². The van der Waals surface area contributed by atoms with Gasteiger partial charge in [0, 0.05) is 18.0 Å². The minimum absolute atomic E-state index is 0.346. The summed E-state index contributed by atoms with van der Waals surface area (Å²) in [5.74, 6) is -0.787. The molecule has 0 fully saturated rings. The molecule has 5 heteroatoms. The number of carbonyl (C=O) groups is 1. The summed E-state index contributed by atoms with van der Waals surface area (Å²) >= 11 is 0. The van der Waals surface area contributed by atoms with Gasteiger partial charge in [0.05, 0.1) is 18.2 Å². The van der Waals surface area contributed by atoms with E-state index in [4.69, 9.17) is 4.74 Å². The average Bonchev–Trinajstić information content (AvgIpc) is 2.84. The Morgan fingerprint density at radius 1 is 1.19 bits per heavy atom. The molecule has 0 aliphatic rings. The predicted octanol–water partition coefficient (Wildman–Crippen LogP) is 3.17. The second-order valence-electron chi connectivity index (χ2n) is 4.65. The lowest BCUT2D eigenvalue weighted by molar-refractivity contribution is 0.0602. The molecule has 0 aliphatic carbocycles. The normalized spacial score (nSPS) is 10.8. The first-order chi connectivity index (χ1) is 10.1. The summed E-state index contributed by atoms with van der Waals surface area (Å²) in [6.07, 6.45) is 0. The molecule has 0 aliphatic heterocycles. The number of para-hydroxylation sites is 1. The van der Waals surface area contributed by atoms with Gasteiger partial charge in [-0.15, -0.1) is 0 Å². The fourth-order valence-electron chi connectivity index (χ4n) is 2.46. The Kier molecular flexibility index (Phi) is 3.17. The van der Waals surface area contributed by atoms with Crippen molar-refractivity contribution in [3.8, 4) is 11.3 Å². The largest absolute Gasteiger partial charge is 0.465 e. The zero-order valence-electron chi connectivity index (χ0n) is 11.6. The molecule has 0 saturated carbocycles. The minimum atomic E-state index is -0.441. The van der Waals surface area contributed by atoms with Crippen molar-refractivity contribution in [2.24, 2.45) is 7.05 Å². The lowest BCUT2D eigenvalue weighted by Crippen LogP contribution is -2.04. The molecule has 2 aromatic carbocycles. The van der Waals surface area contributed by atoms with Crippen molar-refractivity contribution in [2.45, 2.75) is 0 Å². The van der Waals surface area contributed by atoms with Crippen LogP contribution in [0.4, 0.5) is 4.39 Å². The summed E-state index contributed by atoms with van der Waals surface area (Å²) < 4.78 is 20.4. The molecule has 0 atom stereocenters. The third-order valence-corrected chi connectivity index (χ3v) is 3.40. The molecule has 0 bridgehead atoms. The maximum absolute atomic E-state index is 14.0. The zero-order chi connectivity index (χ0) is 15.0. The van der Waals surface area contributed by atoms with Gasteiger partial charge in [0.15, 0.2) is 0 Å². The van der Waals surface area contributed by atoms with Crippen LogP contribution in [0.25, 0.3) is 22.2 Å². The van der Waals surface area contributed by atoms with Crippen LogP contribution in [0.1, 0.15) is 10.4 Å². The number of fused-ring (bicyclic) bond motifs is 1. The number of esters is 1. The van der Waals surface area contributed by atoms with Crippen molar-refractivity contribution in [2.75, 3.05) is 7.11 Å². The minimum Gasteiger partial charge on any atom is -0.465 e. The number of aryl methyl sites for hydroxylation is 1. The van der Waals surface area contributed by atoms with E-state index in [2.05, 4.69) is 5.10 Å². The molecule has 106 valence electrons. The number of carbonyl (C=O) groups excluding carboxylic acids is 1. The smallest absolute Gasteiger partial charge is 0.340 e. The monoisotopic (exact) mass is 284 g/mol. The van der Waals surface area contributed by atoms with Gasteiger partial charge in [0.2, 0.25) is 0 Å². The topological polar surface area (TPSA) is 44.1 Å². The maximum Gasteiger partial charge on any atom is 0.340 e. The van der Waals surface area contributed by atoms with E-state index in [-0.39, 0.29) is 5.82 Å². The average molecular weight is 284 g/mol. The van der Waals surface area contributed by atoms with Crippen molar-refractivity contribution in [1.82, 2.24) is 9.78 Å². The molecule has 3 rings (SSSR count). The number of methoxy groups -OCH3 is 1. The van der Waals surface area contributed by atoms with E-state index in [0.29, 0.717) is 27.7 Å². The Hall–Kier alpha value is -2.69. The predicted molar refractivity (Wildman–Crippen MR) is 77.4 cm³/mol. The molecule has 1 aromatic heterocycles. The summed E-state index contributed by atoms with van der Waals surface area (Å²) in [5, 5.41) is 5.08. The Labute approximate surface area is 120 Å². The number of hydrogen-bond donors (Lipinski definition) is 0. The first-order valence-electron chi connectivity index (χ1n) is 6.42. The third kappa shape index (κ3) is 2.07. The molecule has 21 heavy (non-hydrogen) atoms. The van der Waals surface area contributed by atoms with E-state index in [0.717, 1.165) is 0 Å². The highest BCUT2D eigenvalue weighted by molar-refractivity contribution is 6.06. The standard InChI is InChI=1S/C16H13FN2O2/c1-19-15-11(7-5-8-12(15)16(20)21-2)14(18-19)10-6-3-4-9-13(10)17/h3-9H,1-2H3. The zero-order valence-corrected chi connectivity index (χ0v) is 11.6. The summed E-state index contributed by atoms with van der Waals surface area (Å²) in [5.41, 5.74) is 1.96. The van der Waals surface area contributed by atoms with Gasteiger partial charge in [-0.05, 0) is 18.2 Å². The van der Waals surface area contributed by atoms with Crippen LogP contribution >= 0.6 is 0 Å². The number of halogens is 1. The summed E-state index contributed by atoms with van der Waals surface area (Å²) in [6.45, 7) is 0. The van der Waals surface area contributed by atoms with E-state index in [9.17, 15) is 9.18 Å². The molecular formula is C16H13FN2O2. The number of ether oxygens (including phenoxy) is 1. The second kappa shape index (κ2) is 5.01. The van der Waals surface area contributed by atoms with Crippen molar-refractivity contribution in [1.29, 1.82) is 0 Å². The first kappa shape index (κ1) is 13.3. The highest BCUT2D eigenvalue weighted by Crippen LogP contribution is 2.31. The molecule has 0 saturated heterocycles. The van der Waals surface area contributed by atoms with E-state index in [1.165, 1.54) is 13.2 Å². The molecule has 4 nitrogen and oxygen atoms in total. The highest BCUT2D eigenvalue weighted by atomic mass is 19.1. The van der Waals surface area contributed by atoms with Crippen molar-refractivity contribution in [3.05, 3.63) is 53.8 Å². The van der Waals surface area contributed by atoms with Crippen LogP contribution in [0.15, 0.2) is 42.5 Å². The number of rotatable bonds is 2. The van der Waals surface area contributed by atoms with Crippen LogP contribution in [0.5, 0.6) is 0 Å². The molecule has 0 unspecified atom stereocenters. The van der Waals surface area contributed by atoms with Crippen LogP contribution in [0.3, 0.4) is 0 Å². The van der Waals surface area contributed by atoms with E-state index in [1.54, 1.807) is 42.1 Å². The molecule has 3 aromatic rings. The van der Waals surface area contributed by atoms with Gasteiger partial charge in [-0.25, -0.2) is 9.18 Å². The molecule has 0 amide bonds. The summed E-state index contributed by atoms with van der Waals surface area (Å²) in [4.78, 5) is 11.9. The molecule has 0 N–H and O–H groups in total. The number of benzene rings is 2. The maximum atomic E-state index is 14.0. The van der Waals surface area contributed by atoms with Gasteiger partial charge in [0.1, 0.15) is 11.5 Å². The highest BCUT2D eigenvalue weighted by Gasteiger charge is 2.19. The van der Waals surface area contributed by atoms with Crippen LogP contribution in [-0.4, -0.2) is 22.9 Å². The number of hydrogen-bond acceptors (Lipinski definition) is 3. The van der Waals surface area contributed by atoms with Crippen LogP contribution in [0.2, 0.25) is 0 Å². The van der Waals surface area contributed by atoms with Crippen molar-refractivity contribution in [3.63, 3.8) is 0 Å². The molecule has 0 spiro atoms. The van der Waals surface area contributed by atoms with E-state index in [1.807, 2.05) is 6.07 Å². The Balaban J connectivity index is 2.33. The number of aromatic nitrogens is 2. The first-order valence-corrected chi connectivity index (χ1v) is 6.42. The Bertz CT molecular complexity index is 839. The van der Waals surface area contributed by atoms with Crippen molar-refractivity contribution >= 4 is 16.9 Å². The fraction of sp³-hybridized carbons (Fsp3) is 0.125. The lowest BCUT2D eigenvalue weighted by atomic mass is 10.0. The Morgan fingerprint density at radius 2 is 1.95 bits per heavy atom. The second-order valence-corrected chi connectivity index (χ2v) is 4.65. The van der Waals surface area contributed by atoms with Gasteiger partial charge >= 0.3 is 5.97 Å².